The van der Waals surface area contributed by atoms with Gasteiger partial charge in [-0.3, -0.25) is 0 Å². The number of rotatable bonds is 1. The van der Waals surface area contributed by atoms with Gasteiger partial charge >= 0.3 is 0 Å². The van der Waals surface area contributed by atoms with E-state index in [2.05, 4.69) is 17.1 Å². The first-order valence-electron chi connectivity index (χ1n) is 5.48. The molecular formula is C14H13N3. The van der Waals surface area contributed by atoms with Crippen molar-refractivity contribution >= 4 is 22.3 Å². The molecule has 0 aliphatic rings. The number of anilines is 2. The van der Waals surface area contributed by atoms with Gasteiger partial charge in [0.05, 0.1) is 11.4 Å². The van der Waals surface area contributed by atoms with Crippen molar-refractivity contribution < 1.29 is 0 Å². The van der Waals surface area contributed by atoms with Crippen LogP contribution in [-0.2, 0) is 0 Å². The van der Waals surface area contributed by atoms with Crippen molar-refractivity contribution in [3.05, 3.63) is 48.5 Å². The molecule has 3 rings (SSSR count). The molecule has 0 saturated heterocycles. The van der Waals surface area contributed by atoms with Crippen LogP contribution >= 0.6 is 0 Å². The van der Waals surface area contributed by atoms with Gasteiger partial charge < -0.3 is 16.5 Å². The molecule has 0 fully saturated rings. The van der Waals surface area contributed by atoms with E-state index in [0.717, 1.165) is 22.2 Å². The molecule has 0 atom stereocenters. The highest BCUT2D eigenvalue weighted by Crippen LogP contribution is 2.30. The summed E-state index contributed by atoms with van der Waals surface area (Å²) in [6, 6.07) is 16.0. The highest BCUT2D eigenvalue weighted by atomic mass is 14.7. The number of nitrogen functional groups attached to an aromatic ring is 2. The van der Waals surface area contributed by atoms with Gasteiger partial charge in [0.15, 0.2) is 0 Å². The molecule has 17 heavy (non-hydrogen) atoms. The molecule has 0 unspecified atom stereocenters. The quantitative estimate of drug-likeness (QED) is 0.555. The first-order valence-corrected chi connectivity index (χ1v) is 5.48. The topological polar surface area (TPSA) is 67.8 Å². The molecule has 3 heteroatoms. The number of nitrogens with one attached hydrogen (secondary N) is 1. The van der Waals surface area contributed by atoms with Gasteiger partial charge in [-0.15, -0.1) is 0 Å². The molecule has 0 saturated carbocycles. The van der Waals surface area contributed by atoms with Crippen LogP contribution in [0, 0.1) is 0 Å². The largest absolute Gasteiger partial charge is 0.397 e. The fourth-order valence-electron chi connectivity index (χ4n) is 2.02. The zero-order chi connectivity index (χ0) is 11.8. The van der Waals surface area contributed by atoms with Crippen molar-refractivity contribution in [1.29, 1.82) is 0 Å². The maximum atomic E-state index is 5.96. The van der Waals surface area contributed by atoms with Gasteiger partial charge in [-0.05, 0) is 23.8 Å². The Kier molecular flexibility index (Phi) is 2.05. The highest BCUT2D eigenvalue weighted by Gasteiger charge is 2.07. The number of aromatic amines is 1. The zero-order valence-electron chi connectivity index (χ0n) is 9.27. The number of benzene rings is 2. The second kappa shape index (κ2) is 3.56. The van der Waals surface area contributed by atoms with E-state index >= 15 is 0 Å². The predicted molar refractivity (Wildman–Crippen MR) is 72.6 cm³/mol. The van der Waals surface area contributed by atoms with Crippen molar-refractivity contribution in [3.63, 3.8) is 0 Å². The lowest BCUT2D eigenvalue weighted by molar-refractivity contribution is 1.45. The Labute approximate surface area is 99.1 Å². The molecule has 0 aliphatic carbocycles. The smallest absolute Gasteiger partial charge is 0.0643 e. The maximum Gasteiger partial charge on any atom is 0.0643 e. The zero-order valence-corrected chi connectivity index (χ0v) is 9.27. The molecule has 84 valence electrons. The lowest BCUT2D eigenvalue weighted by Gasteiger charge is -1.99. The molecule has 3 nitrogen and oxygen atoms in total. The van der Waals surface area contributed by atoms with Crippen LogP contribution in [-0.4, -0.2) is 4.98 Å². The highest BCUT2D eigenvalue weighted by molar-refractivity contribution is 5.99. The second-order valence-corrected chi connectivity index (χ2v) is 4.08. The molecule has 0 radical (unpaired) electrons. The summed E-state index contributed by atoms with van der Waals surface area (Å²) in [5, 5.41) is 0.976. The number of hydrogen-bond acceptors (Lipinski definition) is 2. The SMILES string of the molecule is Nc1ccc2[nH]c(-c3ccccc3)cc2c1N. The summed E-state index contributed by atoms with van der Waals surface area (Å²) in [7, 11) is 0. The summed E-state index contributed by atoms with van der Waals surface area (Å²) in [6.45, 7) is 0. The molecule has 1 heterocycles. The maximum absolute atomic E-state index is 5.96. The number of nitrogens with two attached hydrogens (primary N) is 2. The van der Waals surface area contributed by atoms with Gasteiger partial charge in [0, 0.05) is 16.6 Å². The Morgan fingerprint density at radius 3 is 2.41 bits per heavy atom. The van der Waals surface area contributed by atoms with Gasteiger partial charge in [-0.25, -0.2) is 0 Å². The van der Waals surface area contributed by atoms with E-state index in [1.807, 2.05) is 36.4 Å². The molecule has 3 aromatic rings. The Morgan fingerprint density at radius 1 is 0.882 bits per heavy atom. The summed E-state index contributed by atoms with van der Waals surface area (Å²) >= 11 is 0. The molecule has 0 aliphatic heterocycles. The van der Waals surface area contributed by atoms with Crippen LogP contribution in [0.15, 0.2) is 48.5 Å². The van der Waals surface area contributed by atoms with Crippen LogP contribution in [0.3, 0.4) is 0 Å². The second-order valence-electron chi connectivity index (χ2n) is 4.08. The van der Waals surface area contributed by atoms with Crippen molar-refractivity contribution in [1.82, 2.24) is 4.98 Å². The number of aromatic nitrogens is 1. The van der Waals surface area contributed by atoms with Gasteiger partial charge in [-0.2, -0.15) is 0 Å². The minimum atomic E-state index is 0.621. The number of hydrogen-bond donors (Lipinski definition) is 3. The third-order valence-electron chi connectivity index (χ3n) is 2.96. The first kappa shape index (κ1) is 9.78. The molecule has 5 N–H and O–H groups in total. The fourth-order valence-corrected chi connectivity index (χ4v) is 2.02. The van der Waals surface area contributed by atoms with Gasteiger partial charge in [0.1, 0.15) is 0 Å². The average Bonchev–Trinajstić information content (AvgIpc) is 2.80. The van der Waals surface area contributed by atoms with E-state index in [1.165, 1.54) is 0 Å². The summed E-state index contributed by atoms with van der Waals surface area (Å²) < 4.78 is 0. The van der Waals surface area contributed by atoms with E-state index in [4.69, 9.17) is 11.5 Å². The minimum absolute atomic E-state index is 0.621. The minimum Gasteiger partial charge on any atom is -0.397 e. The van der Waals surface area contributed by atoms with Crippen molar-refractivity contribution in [2.45, 2.75) is 0 Å². The Bertz CT molecular complexity index is 669. The summed E-state index contributed by atoms with van der Waals surface area (Å²) in [6.07, 6.45) is 0. The average molecular weight is 223 g/mol. The number of fused-ring (bicyclic) bond motifs is 1. The number of H-pyrrole nitrogens is 1. The summed E-state index contributed by atoms with van der Waals surface area (Å²) in [5.41, 5.74) is 16.2. The van der Waals surface area contributed by atoms with Crippen LogP contribution in [0.5, 0.6) is 0 Å². The molecule has 1 aromatic heterocycles. The van der Waals surface area contributed by atoms with Gasteiger partial charge in [-0.1, -0.05) is 30.3 Å². The van der Waals surface area contributed by atoms with E-state index in [9.17, 15) is 0 Å². The van der Waals surface area contributed by atoms with Crippen LogP contribution in [0.25, 0.3) is 22.2 Å². The van der Waals surface area contributed by atoms with Crippen molar-refractivity contribution in [3.8, 4) is 11.3 Å². The van der Waals surface area contributed by atoms with Crippen LogP contribution in [0.2, 0.25) is 0 Å². The summed E-state index contributed by atoms with van der Waals surface area (Å²) in [5.74, 6) is 0. The third kappa shape index (κ3) is 1.52. The van der Waals surface area contributed by atoms with Crippen molar-refractivity contribution in [2.24, 2.45) is 0 Å². The molecule has 0 bridgehead atoms. The molecular weight excluding hydrogens is 210 g/mol. The normalized spacial score (nSPS) is 10.8. The monoisotopic (exact) mass is 223 g/mol. The Hall–Kier alpha value is -2.42. The van der Waals surface area contributed by atoms with E-state index < -0.39 is 0 Å². The van der Waals surface area contributed by atoms with Gasteiger partial charge in [0.25, 0.3) is 0 Å². The van der Waals surface area contributed by atoms with Crippen LogP contribution in [0.4, 0.5) is 11.4 Å². The lowest BCUT2D eigenvalue weighted by atomic mass is 10.1. The predicted octanol–water partition coefficient (Wildman–Crippen LogP) is 3.00. The standard InChI is InChI=1S/C14H13N3/c15-11-6-7-12-10(14(11)16)8-13(17-12)9-4-2-1-3-5-9/h1-8,17H,15-16H2. The van der Waals surface area contributed by atoms with Crippen molar-refractivity contribution in [2.75, 3.05) is 11.5 Å². The lowest BCUT2D eigenvalue weighted by Crippen LogP contribution is -1.93. The van der Waals surface area contributed by atoms with Crippen LogP contribution < -0.4 is 11.5 Å². The third-order valence-corrected chi connectivity index (χ3v) is 2.96. The molecule has 2 aromatic carbocycles. The molecule has 0 spiro atoms. The van der Waals surface area contributed by atoms with E-state index in [1.54, 1.807) is 0 Å². The van der Waals surface area contributed by atoms with E-state index in [-0.39, 0.29) is 0 Å². The first-order chi connectivity index (χ1) is 8.25. The Morgan fingerprint density at radius 2 is 1.65 bits per heavy atom. The fraction of sp³-hybridized carbons (Fsp3) is 0. The van der Waals surface area contributed by atoms with Crippen LogP contribution in [0.1, 0.15) is 0 Å². The Balaban J connectivity index is 2.24. The molecule has 0 amide bonds. The van der Waals surface area contributed by atoms with Gasteiger partial charge in [0.2, 0.25) is 0 Å². The van der Waals surface area contributed by atoms with E-state index in [0.29, 0.717) is 11.4 Å². The summed E-state index contributed by atoms with van der Waals surface area (Å²) in [4.78, 5) is 3.34.